The predicted molar refractivity (Wildman–Crippen MR) is 93.3 cm³/mol. The number of aromatic nitrogens is 1. The number of nitrogens with one attached hydrogen (secondary N) is 2. The molecule has 0 aliphatic rings. The number of rotatable bonds is 4. The van der Waals surface area contributed by atoms with E-state index in [4.69, 9.17) is 0 Å². The van der Waals surface area contributed by atoms with Crippen LogP contribution in [0.4, 0.5) is 39.0 Å². The topological polar surface area (TPSA) is 54.0 Å². The Hall–Kier alpha value is -3.49. The lowest BCUT2D eigenvalue weighted by molar-refractivity contribution is -0.136. The van der Waals surface area contributed by atoms with Crippen LogP contribution in [0.1, 0.15) is 15.9 Å². The van der Waals surface area contributed by atoms with E-state index in [9.17, 15) is 26.7 Å². The average Bonchev–Trinajstić information content (AvgIpc) is 2.64. The minimum absolute atomic E-state index is 0.0514. The number of para-hydroxylation sites is 1. The Morgan fingerprint density at radius 2 is 1.68 bits per heavy atom. The third kappa shape index (κ3) is 4.43. The van der Waals surface area contributed by atoms with Crippen molar-refractivity contribution in [1.29, 1.82) is 0 Å². The second kappa shape index (κ2) is 7.63. The van der Waals surface area contributed by atoms with Gasteiger partial charge in [-0.15, -0.1) is 0 Å². The standard InChI is InChI=1S/C19H12F5N3O/c20-12-5-6-17(15(21)8-12)26-13-7-11(9-25-10-13)18(28)27-16-4-2-1-3-14(16)19(22,23)24/h1-10,26H,(H,27,28). The van der Waals surface area contributed by atoms with Crippen LogP contribution in [0.25, 0.3) is 0 Å². The third-order valence-corrected chi connectivity index (χ3v) is 3.69. The Kier molecular flexibility index (Phi) is 5.25. The van der Waals surface area contributed by atoms with Crippen LogP contribution >= 0.6 is 0 Å². The van der Waals surface area contributed by atoms with Crippen LogP contribution < -0.4 is 10.6 Å². The molecule has 0 fully saturated rings. The van der Waals surface area contributed by atoms with Crippen molar-refractivity contribution in [2.45, 2.75) is 6.18 Å². The highest BCUT2D eigenvalue weighted by molar-refractivity contribution is 6.05. The zero-order valence-electron chi connectivity index (χ0n) is 14.0. The smallest absolute Gasteiger partial charge is 0.352 e. The lowest BCUT2D eigenvalue weighted by Crippen LogP contribution is -2.17. The van der Waals surface area contributed by atoms with Crippen molar-refractivity contribution >= 4 is 23.0 Å². The van der Waals surface area contributed by atoms with Crippen LogP contribution in [0.5, 0.6) is 0 Å². The van der Waals surface area contributed by atoms with Gasteiger partial charge < -0.3 is 10.6 Å². The van der Waals surface area contributed by atoms with Gasteiger partial charge in [0.25, 0.3) is 5.91 Å². The Bertz CT molecular complexity index is 1020. The molecule has 0 spiro atoms. The van der Waals surface area contributed by atoms with Gasteiger partial charge in [-0.25, -0.2) is 8.78 Å². The van der Waals surface area contributed by atoms with Crippen LogP contribution in [-0.4, -0.2) is 10.9 Å². The van der Waals surface area contributed by atoms with Crippen molar-refractivity contribution in [1.82, 2.24) is 4.98 Å². The van der Waals surface area contributed by atoms with Crippen molar-refractivity contribution < 1.29 is 26.7 Å². The Morgan fingerprint density at radius 1 is 0.929 bits per heavy atom. The summed E-state index contributed by atoms with van der Waals surface area (Å²) in [5, 5.41) is 4.82. The summed E-state index contributed by atoms with van der Waals surface area (Å²) >= 11 is 0. The van der Waals surface area contributed by atoms with Crippen LogP contribution in [0.2, 0.25) is 0 Å². The fourth-order valence-electron chi connectivity index (χ4n) is 2.41. The minimum Gasteiger partial charge on any atom is -0.352 e. The van der Waals surface area contributed by atoms with E-state index in [1.54, 1.807) is 0 Å². The van der Waals surface area contributed by atoms with E-state index in [1.165, 1.54) is 24.4 Å². The molecule has 2 N–H and O–H groups in total. The first-order valence-electron chi connectivity index (χ1n) is 7.89. The Morgan fingerprint density at radius 3 is 2.39 bits per heavy atom. The van der Waals surface area contributed by atoms with E-state index in [0.717, 1.165) is 30.5 Å². The van der Waals surface area contributed by atoms with E-state index < -0.39 is 35.0 Å². The monoisotopic (exact) mass is 393 g/mol. The van der Waals surface area contributed by atoms with Gasteiger partial charge in [-0.3, -0.25) is 9.78 Å². The van der Waals surface area contributed by atoms with Gasteiger partial charge in [0, 0.05) is 12.3 Å². The van der Waals surface area contributed by atoms with Gasteiger partial charge in [-0.2, -0.15) is 13.2 Å². The number of carbonyl (C=O) groups excluding carboxylic acids is 1. The van der Waals surface area contributed by atoms with Crippen molar-refractivity contribution in [3.63, 3.8) is 0 Å². The molecule has 4 nitrogen and oxygen atoms in total. The number of hydrogen-bond donors (Lipinski definition) is 2. The molecule has 3 rings (SSSR count). The first kappa shape index (κ1) is 19.3. The van der Waals surface area contributed by atoms with E-state index in [0.29, 0.717) is 6.07 Å². The van der Waals surface area contributed by atoms with E-state index in [1.807, 2.05) is 0 Å². The maximum Gasteiger partial charge on any atom is 0.418 e. The molecule has 28 heavy (non-hydrogen) atoms. The van der Waals surface area contributed by atoms with Gasteiger partial charge in [0.15, 0.2) is 0 Å². The maximum absolute atomic E-state index is 13.7. The number of amides is 1. The quantitative estimate of drug-likeness (QED) is 0.586. The number of hydrogen-bond acceptors (Lipinski definition) is 3. The van der Waals surface area contributed by atoms with Crippen LogP contribution in [0.3, 0.4) is 0 Å². The van der Waals surface area contributed by atoms with Crippen molar-refractivity contribution in [2.24, 2.45) is 0 Å². The number of alkyl halides is 3. The molecule has 1 aromatic heterocycles. The molecule has 0 aliphatic heterocycles. The minimum atomic E-state index is -4.63. The molecule has 0 saturated heterocycles. The highest BCUT2D eigenvalue weighted by Gasteiger charge is 2.33. The summed E-state index contributed by atoms with van der Waals surface area (Å²) in [6.45, 7) is 0. The summed E-state index contributed by atoms with van der Waals surface area (Å²) < 4.78 is 65.8. The molecule has 3 aromatic rings. The number of benzene rings is 2. The number of anilines is 3. The zero-order chi connectivity index (χ0) is 20.3. The lowest BCUT2D eigenvalue weighted by atomic mass is 10.1. The number of pyridine rings is 1. The van der Waals surface area contributed by atoms with Crippen molar-refractivity contribution in [3.8, 4) is 0 Å². The summed E-state index contributed by atoms with van der Waals surface area (Å²) in [7, 11) is 0. The Labute approximate surface area is 156 Å². The van der Waals surface area contributed by atoms with Crippen molar-refractivity contribution in [2.75, 3.05) is 10.6 Å². The van der Waals surface area contributed by atoms with E-state index in [-0.39, 0.29) is 16.9 Å². The van der Waals surface area contributed by atoms with E-state index >= 15 is 0 Å². The van der Waals surface area contributed by atoms with Crippen LogP contribution in [0.15, 0.2) is 60.9 Å². The lowest BCUT2D eigenvalue weighted by Gasteiger charge is -2.14. The normalized spacial score (nSPS) is 11.2. The first-order valence-corrected chi connectivity index (χ1v) is 7.89. The van der Waals surface area contributed by atoms with Gasteiger partial charge in [0.1, 0.15) is 11.6 Å². The molecule has 0 aliphatic carbocycles. The summed E-state index contributed by atoms with van der Waals surface area (Å²) in [5.41, 5.74) is -1.29. The van der Waals surface area contributed by atoms with E-state index in [2.05, 4.69) is 15.6 Å². The third-order valence-electron chi connectivity index (χ3n) is 3.69. The van der Waals surface area contributed by atoms with Crippen molar-refractivity contribution in [3.05, 3.63) is 83.7 Å². The Balaban J connectivity index is 1.82. The highest BCUT2D eigenvalue weighted by Crippen LogP contribution is 2.34. The molecule has 9 heteroatoms. The largest absolute Gasteiger partial charge is 0.418 e. The SMILES string of the molecule is O=C(Nc1ccccc1C(F)(F)F)c1cncc(Nc2ccc(F)cc2F)c1. The van der Waals surface area contributed by atoms with Gasteiger partial charge >= 0.3 is 6.18 Å². The maximum atomic E-state index is 13.7. The fourth-order valence-corrected chi connectivity index (χ4v) is 2.41. The molecule has 0 radical (unpaired) electrons. The summed E-state index contributed by atoms with van der Waals surface area (Å²) in [6, 6.07) is 8.72. The molecule has 144 valence electrons. The first-order chi connectivity index (χ1) is 13.2. The molecule has 1 heterocycles. The molecular weight excluding hydrogens is 381 g/mol. The molecule has 0 bridgehead atoms. The molecule has 2 aromatic carbocycles. The number of halogens is 5. The second-order valence-corrected chi connectivity index (χ2v) is 5.71. The van der Waals surface area contributed by atoms with Crippen LogP contribution in [-0.2, 0) is 6.18 Å². The highest BCUT2D eigenvalue weighted by atomic mass is 19.4. The molecule has 0 unspecified atom stereocenters. The number of nitrogens with zero attached hydrogens (tertiary/aromatic N) is 1. The zero-order valence-corrected chi connectivity index (χ0v) is 14.0. The van der Waals surface area contributed by atoms with Crippen LogP contribution in [0, 0.1) is 11.6 Å². The average molecular weight is 393 g/mol. The molecule has 1 amide bonds. The summed E-state index contributed by atoms with van der Waals surface area (Å²) in [4.78, 5) is 16.2. The predicted octanol–water partition coefficient (Wildman–Crippen LogP) is 5.37. The fraction of sp³-hybridized carbons (Fsp3) is 0.0526. The second-order valence-electron chi connectivity index (χ2n) is 5.71. The van der Waals surface area contributed by atoms with Gasteiger partial charge in [0.2, 0.25) is 0 Å². The van der Waals surface area contributed by atoms with Gasteiger partial charge in [-0.05, 0) is 30.3 Å². The summed E-state index contributed by atoms with van der Waals surface area (Å²) in [5.74, 6) is -2.43. The van der Waals surface area contributed by atoms with Gasteiger partial charge in [-0.1, -0.05) is 12.1 Å². The molecule has 0 atom stereocenters. The van der Waals surface area contributed by atoms with Gasteiger partial charge in [0.05, 0.1) is 34.4 Å². The number of carbonyl (C=O) groups is 1. The summed E-state index contributed by atoms with van der Waals surface area (Å²) in [6.07, 6.45) is -2.20. The molecular formula is C19H12F5N3O. The molecule has 0 saturated carbocycles.